The maximum Gasteiger partial charge on any atom is 0.226 e. The van der Waals surface area contributed by atoms with E-state index in [4.69, 9.17) is 0 Å². The van der Waals surface area contributed by atoms with E-state index in [1.165, 1.54) is 23.5 Å². The summed E-state index contributed by atoms with van der Waals surface area (Å²) in [6, 6.07) is 3.87. The lowest BCUT2D eigenvalue weighted by molar-refractivity contribution is -0.117. The summed E-state index contributed by atoms with van der Waals surface area (Å²) in [6.07, 6.45) is 8.40. The zero-order valence-corrected chi connectivity index (χ0v) is 21.4. The van der Waals surface area contributed by atoms with Crippen LogP contribution >= 0.6 is 11.3 Å². The quantitative estimate of drug-likeness (QED) is 0.505. The molecule has 9 nitrogen and oxygen atoms in total. The first-order valence-corrected chi connectivity index (χ1v) is 13.6. The van der Waals surface area contributed by atoms with E-state index in [9.17, 15) is 13.6 Å². The van der Waals surface area contributed by atoms with Gasteiger partial charge >= 0.3 is 0 Å². The highest BCUT2D eigenvalue weighted by molar-refractivity contribution is 7.19. The van der Waals surface area contributed by atoms with E-state index in [2.05, 4.69) is 47.2 Å². The van der Waals surface area contributed by atoms with Crippen molar-refractivity contribution in [1.29, 1.82) is 0 Å². The predicted octanol–water partition coefficient (Wildman–Crippen LogP) is 3.41. The van der Waals surface area contributed by atoms with Crippen molar-refractivity contribution >= 4 is 33.3 Å². The molecule has 2 aromatic rings. The summed E-state index contributed by atoms with van der Waals surface area (Å²) in [4.78, 5) is 17.2. The minimum absolute atomic E-state index is 0.0898. The molecule has 2 saturated heterocycles. The van der Waals surface area contributed by atoms with Crippen molar-refractivity contribution in [3.63, 3.8) is 0 Å². The third-order valence-electron chi connectivity index (χ3n) is 6.84. The van der Waals surface area contributed by atoms with E-state index < -0.39 is 11.6 Å². The molecule has 0 bridgehead atoms. The maximum atomic E-state index is 13.6. The molecular weight excluding hydrogens is 498 g/mol. The van der Waals surface area contributed by atoms with Gasteiger partial charge in [-0.25, -0.2) is 8.78 Å². The fourth-order valence-electron chi connectivity index (χ4n) is 5.17. The van der Waals surface area contributed by atoms with Crippen LogP contribution in [-0.4, -0.2) is 70.5 Å². The number of halogens is 2. The van der Waals surface area contributed by atoms with Crippen LogP contribution in [-0.2, 0) is 11.3 Å². The number of amidine groups is 1. The second-order valence-electron chi connectivity index (χ2n) is 9.85. The van der Waals surface area contributed by atoms with E-state index in [0.29, 0.717) is 35.3 Å². The zero-order valence-electron chi connectivity index (χ0n) is 20.6. The van der Waals surface area contributed by atoms with Crippen LogP contribution in [0.15, 0.2) is 35.5 Å². The fourth-order valence-corrected chi connectivity index (χ4v) is 5.91. The standard InChI is InChI=1S/C25H32F2N8OS/c26-19-10-18(11-20(27)13-19)15-34-8-2-1-4-17(14-34)12-23(36)30-25-33-32-24(37-25)29-21-6-9-35(16-21)22-5-3-7-28-31-22/h3,5,10-11,13,17,21,28H,1-2,4,6-9,12,14-16H2,(H,29,32)(H,30,33,36). The van der Waals surface area contributed by atoms with Gasteiger partial charge in [0.2, 0.25) is 16.2 Å². The van der Waals surface area contributed by atoms with E-state index in [-0.39, 0.29) is 17.9 Å². The van der Waals surface area contributed by atoms with Gasteiger partial charge in [0, 0.05) is 44.7 Å². The number of amides is 1. The molecule has 2 fully saturated rings. The molecule has 3 aliphatic heterocycles. The Morgan fingerprint density at radius 3 is 2.73 bits per heavy atom. The van der Waals surface area contributed by atoms with Crippen LogP contribution < -0.4 is 16.1 Å². The molecule has 4 heterocycles. The first-order chi connectivity index (χ1) is 18.0. The molecule has 3 aliphatic rings. The smallest absolute Gasteiger partial charge is 0.226 e. The number of hydrazone groups is 1. The number of carbonyl (C=O) groups excluding carboxylic acids is 1. The average Bonchev–Trinajstić information content (AvgIpc) is 3.45. The van der Waals surface area contributed by atoms with E-state index in [1.807, 2.05) is 6.08 Å². The first kappa shape index (κ1) is 25.5. The Hall–Kier alpha value is -3.12. The summed E-state index contributed by atoms with van der Waals surface area (Å²) in [5.41, 5.74) is 3.61. The summed E-state index contributed by atoms with van der Waals surface area (Å²) in [5, 5.41) is 20.2. The molecule has 1 amide bonds. The highest BCUT2D eigenvalue weighted by atomic mass is 32.1. The third kappa shape index (κ3) is 7.22. The van der Waals surface area contributed by atoms with Crippen molar-refractivity contribution in [2.45, 2.75) is 44.7 Å². The van der Waals surface area contributed by atoms with E-state index >= 15 is 0 Å². The highest BCUT2D eigenvalue weighted by Crippen LogP contribution is 2.25. The monoisotopic (exact) mass is 530 g/mol. The van der Waals surface area contributed by atoms with Gasteiger partial charge in [0.1, 0.15) is 17.5 Å². The van der Waals surface area contributed by atoms with E-state index in [0.717, 1.165) is 63.8 Å². The van der Waals surface area contributed by atoms with Crippen molar-refractivity contribution in [1.82, 2.24) is 25.4 Å². The number of benzene rings is 1. The summed E-state index contributed by atoms with van der Waals surface area (Å²) in [6.45, 7) is 4.53. The van der Waals surface area contributed by atoms with Gasteiger partial charge in [-0.05, 0) is 55.5 Å². The maximum absolute atomic E-state index is 13.6. The largest absolute Gasteiger partial charge is 0.355 e. The Balaban J connectivity index is 1.09. The average molecular weight is 531 g/mol. The summed E-state index contributed by atoms with van der Waals surface area (Å²) >= 11 is 1.33. The van der Waals surface area contributed by atoms with Crippen LogP contribution in [0.25, 0.3) is 0 Å². The van der Waals surface area contributed by atoms with Crippen LogP contribution in [0.1, 0.15) is 37.7 Å². The van der Waals surface area contributed by atoms with Crippen molar-refractivity contribution in [2.24, 2.45) is 11.0 Å². The highest BCUT2D eigenvalue weighted by Gasteiger charge is 2.26. The molecule has 3 N–H and O–H groups in total. The van der Waals surface area contributed by atoms with Gasteiger partial charge in [-0.15, -0.1) is 10.2 Å². The lowest BCUT2D eigenvalue weighted by atomic mass is 9.99. The number of likely N-dealkylation sites (tertiary alicyclic amines) is 2. The molecular formula is C25H32F2N8OS. The van der Waals surface area contributed by atoms with Crippen LogP contribution in [0.3, 0.4) is 0 Å². The third-order valence-corrected chi connectivity index (χ3v) is 7.61. The second-order valence-corrected chi connectivity index (χ2v) is 10.8. The van der Waals surface area contributed by atoms with Gasteiger partial charge < -0.3 is 21.0 Å². The summed E-state index contributed by atoms with van der Waals surface area (Å²) in [7, 11) is 0. The molecule has 2 atom stereocenters. The Morgan fingerprint density at radius 2 is 1.92 bits per heavy atom. The van der Waals surface area contributed by atoms with Crippen LogP contribution in [0.2, 0.25) is 0 Å². The minimum Gasteiger partial charge on any atom is -0.355 e. The number of nitrogens with one attached hydrogen (secondary N) is 3. The molecule has 1 aromatic carbocycles. The fraction of sp³-hybridized carbons (Fsp3) is 0.520. The van der Waals surface area contributed by atoms with Gasteiger partial charge in [-0.3, -0.25) is 9.69 Å². The van der Waals surface area contributed by atoms with Crippen molar-refractivity contribution < 1.29 is 13.6 Å². The molecule has 0 saturated carbocycles. The molecule has 0 spiro atoms. The Kier molecular flexibility index (Phi) is 8.24. The van der Waals surface area contributed by atoms with Crippen molar-refractivity contribution in [3.05, 3.63) is 47.5 Å². The van der Waals surface area contributed by atoms with E-state index in [1.54, 1.807) is 0 Å². The molecule has 37 heavy (non-hydrogen) atoms. The Bertz CT molecular complexity index is 1140. The molecule has 0 radical (unpaired) electrons. The molecule has 12 heteroatoms. The first-order valence-electron chi connectivity index (χ1n) is 12.8. The van der Waals surface area contributed by atoms with Gasteiger partial charge in [0.15, 0.2) is 0 Å². The molecule has 2 unspecified atom stereocenters. The number of hydrogen-bond donors (Lipinski definition) is 3. The van der Waals surface area contributed by atoms with Gasteiger partial charge in [-0.2, -0.15) is 5.10 Å². The van der Waals surface area contributed by atoms with Gasteiger partial charge in [0.25, 0.3) is 0 Å². The molecule has 198 valence electrons. The number of carbonyl (C=O) groups is 1. The zero-order chi connectivity index (χ0) is 25.6. The van der Waals surface area contributed by atoms with Gasteiger partial charge in [-0.1, -0.05) is 23.8 Å². The van der Waals surface area contributed by atoms with Crippen LogP contribution in [0, 0.1) is 17.6 Å². The lowest BCUT2D eigenvalue weighted by Crippen LogP contribution is -2.33. The van der Waals surface area contributed by atoms with Crippen LogP contribution in [0.5, 0.6) is 0 Å². The number of nitrogens with zero attached hydrogens (tertiary/aromatic N) is 5. The van der Waals surface area contributed by atoms with Crippen molar-refractivity contribution in [3.8, 4) is 0 Å². The number of rotatable bonds is 7. The molecule has 5 rings (SSSR count). The summed E-state index contributed by atoms with van der Waals surface area (Å²) < 4.78 is 27.2. The normalized spacial score (nSPS) is 22.3. The number of anilines is 2. The molecule has 1 aromatic heterocycles. The predicted molar refractivity (Wildman–Crippen MR) is 140 cm³/mol. The molecule has 0 aliphatic carbocycles. The SMILES string of the molecule is O=C(CC1CCCCN(Cc2cc(F)cc(F)c2)C1)Nc1nnc(NC2CCN(C3=NNCC=C3)C2)s1. The minimum atomic E-state index is -0.565. The Labute approximate surface area is 219 Å². The second kappa shape index (κ2) is 12.0. The summed E-state index contributed by atoms with van der Waals surface area (Å²) in [5.74, 6) is -0.105. The van der Waals surface area contributed by atoms with Crippen molar-refractivity contribution in [2.75, 3.05) is 43.4 Å². The number of aromatic nitrogens is 2. The van der Waals surface area contributed by atoms with Crippen LogP contribution in [0.4, 0.5) is 19.0 Å². The van der Waals surface area contributed by atoms with Gasteiger partial charge in [0.05, 0.1) is 6.54 Å². The lowest BCUT2D eigenvalue weighted by Gasteiger charge is -2.24. The topological polar surface area (TPSA) is 97.8 Å². The number of hydrogen-bond acceptors (Lipinski definition) is 9. The Morgan fingerprint density at radius 1 is 1.08 bits per heavy atom.